The topological polar surface area (TPSA) is 9.23 Å². The van der Waals surface area contributed by atoms with Gasteiger partial charge in [-0.1, -0.05) is 51.1 Å². The Morgan fingerprint density at radius 3 is 2.16 bits per heavy atom. The number of methoxy groups -OCH3 is 1. The summed E-state index contributed by atoms with van der Waals surface area (Å²) < 4.78 is 5.33. The SMILES string of the molecule is COc1[c]ccc(-c2ccc(C(C)(C)C)cc2)c1C. The summed E-state index contributed by atoms with van der Waals surface area (Å²) in [6.45, 7) is 8.76. The largest absolute Gasteiger partial charge is 0.496 e. The summed E-state index contributed by atoms with van der Waals surface area (Å²) in [5, 5.41) is 0. The number of benzene rings is 2. The molecule has 0 N–H and O–H groups in total. The van der Waals surface area contributed by atoms with Crippen LogP contribution < -0.4 is 4.74 Å². The van der Waals surface area contributed by atoms with Gasteiger partial charge in [-0.2, -0.15) is 0 Å². The first kappa shape index (κ1) is 13.7. The molecule has 0 aliphatic carbocycles. The van der Waals surface area contributed by atoms with E-state index in [0.29, 0.717) is 0 Å². The quantitative estimate of drug-likeness (QED) is 0.749. The van der Waals surface area contributed by atoms with E-state index in [-0.39, 0.29) is 5.41 Å². The molecule has 0 atom stereocenters. The minimum atomic E-state index is 0.190. The van der Waals surface area contributed by atoms with Gasteiger partial charge in [-0.05, 0) is 40.7 Å². The minimum absolute atomic E-state index is 0.190. The molecule has 0 unspecified atom stereocenters. The first-order chi connectivity index (χ1) is 8.93. The van der Waals surface area contributed by atoms with Gasteiger partial charge in [-0.3, -0.25) is 0 Å². The summed E-state index contributed by atoms with van der Waals surface area (Å²) in [6.07, 6.45) is 0. The van der Waals surface area contributed by atoms with Crippen LogP contribution >= 0.6 is 0 Å². The van der Waals surface area contributed by atoms with E-state index < -0.39 is 0 Å². The maximum absolute atomic E-state index is 5.33. The molecule has 99 valence electrons. The van der Waals surface area contributed by atoms with Gasteiger partial charge in [0.15, 0.2) is 0 Å². The lowest BCUT2D eigenvalue weighted by Gasteiger charge is -2.19. The van der Waals surface area contributed by atoms with E-state index in [1.165, 1.54) is 16.7 Å². The van der Waals surface area contributed by atoms with Crippen molar-refractivity contribution in [1.29, 1.82) is 0 Å². The van der Waals surface area contributed by atoms with Crippen LogP contribution in [0.15, 0.2) is 36.4 Å². The van der Waals surface area contributed by atoms with Crippen molar-refractivity contribution in [2.45, 2.75) is 33.1 Å². The zero-order chi connectivity index (χ0) is 14.0. The van der Waals surface area contributed by atoms with E-state index in [1.807, 2.05) is 6.07 Å². The van der Waals surface area contributed by atoms with Gasteiger partial charge in [0.2, 0.25) is 0 Å². The smallest absolute Gasteiger partial charge is 0.130 e. The third-order valence-corrected chi connectivity index (χ3v) is 3.48. The van der Waals surface area contributed by atoms with Crippen LogP contribution in [0.25, 0.3) is 11.1 Å². The molecule has 0 saturated carbocycles. The summed E-state index contributed by atoms with van der Waals surface area (Å²) in [5.41, 5.74) is 5.10. The van der Waals surface area contributed by atoms with Gasteiger partial charge in [0.1, 0.15) is 5.75 Å². The Morgan fingerprint density at radius 2 is 1.63 bits per heavy atom. The zero-order valence-electron chi connectivity index (χ0n) is 12.4. The fraction of sp³-hybridized carbons (Fsp3) is 0.333. The van der Waals surface area contributed by atoms with Gasteiger partial charge in [0, 0.05) is 6.07 Å². The molecule has 1 heteroatoms. The van der Waals surface area contributed by atoms with E-state index in [0.717, 1.165) is 11.3 Å². The van der Waals surface area contributed by atoms with Gasteiger partial charge >= 0.3 is 0 Å². The number of rotatable bonds is 2. The third kappa shape index (κ3) is 2.81. The van der Waals surface area contributed by atoms with Crippen LogP contribution in [0.5, 0.6) is 5.75 Å². The Kier molecular flexibility index (Phi) is 3.66. The highest BCUT2D eigenvalue weighted by atomic mass is 16.5. The van der Waals surface area contributed by atoms with Gasteiger partial charge in [0.25, 0.3) is 0 Å². The normalized spacial score (nSPS) is 11.4. The highest BCUT2D eigenvalue weighted by Crippen LogP contribution is 2.31. The van der Waals surface area contributed by atoms with Crippen molar-refractivity contribution in [3.05, 3.63) is 53.6 Å². The first-order valence-corrected chi connectivity index (χ1v) is 6.59. The third-order valence-electron chi connectivity index (χ3n) is 3.48. The Balaban J connectivity index is 2.43. The molecule has 1 radical (unpaired) electrons. The number of ether oxygens (including phenoxy) is 1. The Labute approximate surface area is 116 Å². The Morgan fingerprint density at radius 1 is 1.00 bits per heavy atom. The highest BCUT2D eigenvalue weighted by molar-refractivity contribution is 5.69. The second-order valence-corrected chi connectivity index (χ2v) is 5.88. The highest BCUT2D eigenvalue weighted by Gasteiger charge is 2.13. The number of hydrogen-bond acceptors (Lipinski definition) is 1. The van der Waals surface area contributed by atoms with Crippen LogP contribution in [-0.2, 0) is 5.41 Å². The van der Waals surface area contributed by atoms with Gasteiger partial charge in [-0.15, -0.1) is 0 Å². The summed E-state index contributed by atoms with van der Waals surface area (Å²) in [4.78, 5) is 0. The molecule has 0 heterocycles. The van der Waals surface area contributed by atoms with Crippen molar-refractivity contribution in [3.8, 4) is 16.9 Å². The Bertz CT molecular complexity index is 559. The van der Waals surface area contributed by atoms with Crippen molar-refractivity contribution < 1.29 is 4.74 Å². The van der Waals surface area contributed by atoms with Crippen LogP contribution in [0.2, 0.25) is 0 Å². The molecular formula is C18H21O. The average Bonchev–Trinajstić information content (AvgIpc) is 2.38. The maximum atomic E-state index is 5.33. The molecule has 0 amide bonds. The predicted molar refractivity (Wildman–Crippen MR) is 80.7 cm³/mol. The first-order valence-electron chi connectivity index (χ1n) is 6.59. The van der Waals surface area contributed by atoms with E-state index in [9.17, 15) is 0 Å². The van der Waals surface area contributed by atoms with Crippen LogP contribution in [0.1, 0.15) is 31.9 Å². The Hall–Kier alpha value is -1.76. The fourth-order valence-electron chi connectivity index (χ4n) is 2.23. The monoisotopic (exact) mass is 253 g/mol. The minimum Gasteiger partial charge on any atom is -0.496 e. The van der Waals surface area contributed by atoms with E-state index in [1.54, 1.807) is 7.11 Å². The molecule has 0 bridgehead atoms. The van der Waals surface area contributed by atoms with E-state index >= 15 is 0 Å². The van der Waals surface area contributed by atoms with Crippen molar-refractivity contribution in [1.82, 2.24) is 0 Å². The van der Waals surface area contributed by atoms with E-state index in [2.05, 4.69) is 64.1 Å². The molecule has 0 aliphatic rings. The molecule has 2 aromatic carbocycles. The molecular weight excluding hydrogens is 232 g/mol. The van der Waals surface area contributed by atoms with Crippen molar-refractivity contribution in [2.75, 3.05) is 7.11 Å². The summed E-state index contributed by atoms with van der Waals surface area (Å²) >= 11 is 0. The molecule has 0 fully saturated rings. The van der Waals surface area contributed by atoms with Crippen molar-refractivity contribution >= 4 is 0 Å². The molecule has 0 spiro atoms. The van der Waals surface area contributed by atoms with Crippen LogP contribution in [0.3, 0.4) is 0 Å². The lowest BCUT2D eigenvalue weighted by molar-refractivity contribution is 0.411. The molecule has 1 nitrogen and oxygen atoms in total. The maximum Gasteiger partial charge on any atom is 0.130 e. The lowest BCUT2D eigenvalue weighted by Crippen LogP contribution is -2.10. The van der Waals surface area contributed by atoms with Crippen molar-refractivity contribution in [2.24, 2.45) is 0 Å². The average molecular weight is 253 g/mol. The molecule has 2 rings (SSSR count). The van der Waals surface area contributed by atoms with Crippen LogP contribution in [0, 0.1) is 13.0 Å². The molecule has 19 heavy (non-hydrogen) atoms. The molecule has 0 aromatic heterocycles. The van der Waals surface area contributed by atoms with Gasteiger partial charge < -0.3 is 4.74 Å². The zero-order valence-corrected chi connectivity index (χ0v) is 12.4. The van der Waals surface area contributed by atoms with Gasteiger partial charge in [0.05, 0.1) is 7.11 Å². The molecule has 2 aromatic rings. The van der Waals surface area contributed by atoms with E-state index in [4.69, 9.17) is 4.74 Å². The second-order valence-electron chi connectivity index (χ2n) is 5.88. The molecule has 0 aliphatic heterocycles. The van der Waals surface area contributed by atoms with Gasteiger partial charge in [-0.25, -0.2) is 0 Å². The summed E-state index contributed by atoms with van der Waals surface area (Å²) in [5.74, 6) is 0.817. The summed E-state index contributed by atoms with van der Waals surface area (Å²) in [7, 11) is 1.69. The fourth-order valence-corrected chi connectivity index (χ4v) is 2.23. The number of hydrogen-bond donors (Lipinski definition) is 0. The van der Waals surface area contributed by atoms with Crippen LogP contribution in [-0.4, -0.2) is 7.11 Å². The standard InChI is InChI=1S/C18H21O/c1-13-16(7-6-8-17(13)19-5)14-9-11-15(12-10-14)18(2,3)4/h6-7,9-12H,1-5H3. The predicted octanol–water partition coefficient (Wildman–Crippen LogP) is 4.77. The second kappa shape index (κ2) is 5.08. The van der Waals surface area contributed by atoms with Crippen molar-refractivity contribution in [3.63, 3.8) is 0 Å². The van der Waals surface area contributed by atoms with Crippen LogP contribution in [0.4, 0.5) is 0 Å². The lowest BCUT2D eigenvalue weighted by atomic mass is 9.86. The molecule has 0 saturated heterocycles. The summed E-state index contributed by atoms with van der Waals surface area (Å²) in [6, 6.07) is 15.9.